The number of hydrogen-bond acceptors (Lipinski definition) is 7. The third-order valence-electron chi connectivity index (χ3n) is 7.81. The number of aromatic carboxylic acids is 1. The van der Waals surface area contributed by atoms with E-state index >= 15 is 0 Å². The molecule has 9 rings (SSSR count). The van der Waals surface area contributed by atoms with E-state index in [4.69, 9.17) is 29.9 Å². The fraction of sp³-hybridized carbons (Fsp3) is 0. The molecular weight excluding hydrogens is 595 g/mol. The van der Waals surface area contributed by atoms with Crippen molar-refractivity contribution in [3.63, 3.8) is 0 Å². The molecule has 0 spiro atoms. The minimum absolute atomic E-state index is 0. The number of H-pyrrole nitrogens is 2. The molecule has 2 aliphatic rings. The minimum Gasteiger partial charge on any atom is -0.478 e. The van der Waals surface area contributed by atoms with E-state index in [9.17, 15) is 9.90 Å². The Morgan fingerprint density at radius 3 is 1.34 bits per heavy atom. The third kappa shape index (κ3) is 3.77. The van der Waals surface area contributed by atoms with Crippen LogP contribution in [-0.4, -0.2) is 50.9 Å². The van der Waals surface area contributed by atoms with Crippen LogP contribution in [0.25, 0.3) is 89.7 Å². The molecule has 7 aromatic rings. The van der Waals surface area contributed by atoms with Crippen LogP contribution in [0.3, 0.4) is 0 Å². The molecule has 0 aliphatic carbocycles. The first kappa shape index (κ1) is 25.9. The van der Waals surface area contributed by atoms with E-state index in [1.165, 1.54) is 0 Å². The Morgan fingerprint density at radius 1 is 0.477 bits per heavy atom. The van der Waals surface area contributed by atoms with E-state index in [0.29, 0.717) is 56.7 Å². The molecule has 209 valence electrons. The molecule has 0 amide bonds. The van der Waals surface area contributed by atoms with Crippen molar-refractivity contribution in [2.45, 2.75) is 0 Å². The van der Waals surface area contributed by atoms with Gasteiger partial charge in [0.05, 0.1) is 5.56 Å². The number of nitrogens with one attached hydrogen (secondary N) is 2. The molecule has 0 unspecified atom stereocenters. The number of carboxylic acids is 1. The average Bonchev–Trinajstić information content (AvgIpc) is 3.76. The van der Waals surface area contributed by atoms with Gasteiger partial charge < -0.3 is 15.1 Å². The first-order valence-electron chi connectivity index (χ1n) is 13.6. The molecular formula is C33H18MnN8O2. The van der Waals surface area contributed by atoms with Crippen molar-refractivity contribution in [3.05, 3.63) is 96.6 Å². The summed E-state index contributed by atoms with van der Waals surface area (Å²) in [4.78, 5) is 48.5. The molecule has 11 heteroatoms. The van der Waals surface area contributed by atoms with Gasteiger partial charge >= 0.3 is 5.97 Å². The zero-order valence-corrected chi connectivity index (χ0v) is 23.8. The number of fused-ring (bicyclic) bond motifs is 20. The van der Waals surface area contributed by atoms with Crippen LogP contribution in [0, 0.1) is 0 Å². The molecule has 3 N–H and O–H groups in total. The summed E-state index contributed by atoms with van der Waals surface area (Å²) in [6.07, 6.45) is 0. The number of nitrogens with zero attached hydrogens (tertiary/aromatic N) is 6. The van der Waals surface area contributed by atoms with Crippen LogP contribution in [0.4, 0.5) is 0 Å². The molecule has 0 atom stereocenters. The normalized spacial score (nSPS) is 11.6. The van der Waals surface area contributed by atoms with E-state index in [2.05, 4.69) is 9.97 Å². The van der Waals surface area contributed by atoms with Crippen LogP contribution < -0.4 is 0 Å². The van der Waals surface area contributed by atoms with Crippen molar-refractivity contribution < 1.29 is 27.0 Å². The maximum absolute atomic E-state index is 12.3. The summed E-state index contributed by atoms with van der Waals surface area (Å²) in [5, 5.41) is 12.9. The number of aromatic nitrogens is 8. The summed E-state index contributed by atoms with van der Waals surface area (Å²) in [7, 11) is 0. The Bertz CT molecular complexity index is 2510. The molecule has 2 aliphatic heterocycles. The second-order valence-electron chi connectivity index (χ2n) is 10.3. The Morgan fingerprint density at radius 2 is 0.864 bits per heavy atom. The van der Waals surface area contributed by atoms with Crippen molar-refractivity contribution >= 4 is 50.1 Å². The predicted molar refractivity (Wildman–Crippen MR) is 163 cm³/mol. The van der Waals surface area contributed by atoms with Crippen LogP contribution in [0.15, 0.2) is 91.0 Å². The topological polar surface area (TPSA) is 146 Å². The van der Waals surface area contributed by atoms with Gasteiger partial charge in [0, 0.05) is 60.9 Å². The molecule has 0 fully saturated rings. The number of aromatic amines is 2. The Balaban J connectivity index is 0.00000289. The molecule has 8 bridgehead atoms. The van der Waals surface area contributed by atoms with Gasteiger partial charge in [-0.1, -0.05) is 84.9 Å². The first-order valence-corrected chi connectivity index (χ1v) is 13.6. The van der Waals surface area contributed by atoms with Crippen LogP contribution >= 0.6 is 0 Å². The number of benzene rings is 4. The van der Waals surface area contributed by atoms with E-state index in [0.717, 1.165) is 33.0 Å². The van der Waals surface area contributed by atoms with Gasteiger partial charge in [-0.05, 0) is 6.07 Å². The summed E-state index contributed by atoms with van der Waals surface area (Å²) in [5.41, 5.74) is 5.36. The van der Waals surface area contributed by atoms with E-state index in [-0.39, 0.29) is 22.6 Å². The second-order valence-corrected chi connectivity index (χ2v) is 10.3. The summed E-state index contributed by atoms with van der Waals surface area (Å²) in [6.45, 7) is 0. The summed E-state index contributed by atoms with van der Waals surface area (Å²) in [5.74, 6) is 0.791. The smallest absolute Gasteiger partial charge is 0.336 e. The summed E-state index contributed by atoms with van der Waals surface area (Å²) >= 11 is 0. The molecule has 3 aromatic heterocycles. The SMILES string of the molecule is O=C(O)c1cccc2c3nc4nc(nc5[nH]c(nc6nc(nc([nH]3)c12)-c1ccccc1-6)c1ccccc51)-c1ccccc1-4.[Mn]. The van der Waals surface area contributed by atoms with Gasteiger partial charge in [-0.2, -0.15) is 0 Å². The Hall–Kier alpha value is -5.77. The number of carboxylic acid groups (broad SMARTS) is 1. The second kappa shape index (κ2) is 9.63. The van der Waals surface area contributed by atoms with Gasteiger partial charge in [-0.25, -0.2) is 34.7 Å². The van der Waals surface area contributed by atoms with Crippen LogP contribution in [0.5, 0.6) is 0 Å². The van der Waals surface area contributed by atoms with Crippen molar-refractivity contribution in [2.24, 2.45) is 0 Å². The monoisotopic (exact) mass is 613 g/mol. The quantitative estimate of drug-likeness (QED) is 0.176. The molecule has 44 heavy (non-hydrogen) atoms. The molecule has 1 radical (unpaired) electrons. The summed E-state index contributed by atoms with van der Waals surface area (Å²) in [6, 6.07) is 28.5. The zero-order chi connectivity index (χ0) is 28.7. The van der Waals surface area contributed by atoms with Crippen molar-refractivity contribution in [1.82, 2.24) is 39.9 Å². The van der Waals surface area contributed by atoms with Crippen LogP contribution in [0.1, 0.15) is 10.4 Å². The fourth-order valence-corrected chi connectivity index (χ4v) is 5.87. The maximum Gasteiger partial charge on any atom is 0.336 e. The number of carbonyl (C=O) groups is 1. The number of rotatable bonds is 1. The average molecular weight is 613 g/mol. The van der Waals surface area contributed by atoms with Gasteiger partial charge in [-0.15, -0.1) is 0 Å². The molecule has 4 aromatic carbocycles. The van der Waals surface area contributed by atoms with E-state index in [1.54, 1.807) is 12.1 Å². The molecule has 5 heterocycles. The van der Waals surface area contributed by atoms with Crippen LogP contribution in [0.2, 0.25) is 0 Å². The predicted octanol–water partition coefficient (Wildman–Crippen LogP) is 6.56. The van der Waals surface area contributed by atoms with Crippen molar-refractivity contribution in [3.8, 4) is 45.6 Å². The van der Waals surface area contributed by atoms with Gasteiger partial charge in [0.1, 0.15) is 22.6 Å². The van der Waals surface area contributed by atoms with Crippen LogP contribution in [-0.2, 0) is 17.1 Å². The minimum atomic E-state index is -1.07. The van der Waals surface area contributed by atoms with E-state index < -0.39 is 5.97 Å². The Kier molecular flexibility index (Phi) is 5.67. The van der Waals surface area contributed by atoms with Gasteiger partial charge in [0.25, 0.3) is 0 Å². The van der Waals surface area contributed by atoms with Crippen molar-refractivity contribution in [2.75, 3.05) is 0 Å². The first-order chi connectivity index (χ1) is 21.1. The largest absolute Gasteiger partial charge is 0.478 e. The Labute approximate surface area is 258 Å². The molecule has 10 nitrogen and oxygen atoms in total. The van der Waals surface area contributed by atoms with Gasteiger partial charge in [0.15, 0.2) is 23.3 Å². The van der Waals surface area contributed by atoms with Gasteiger partial charge in [0.2, 0.25) is 0 Å². The summed E-state index contributed by atoms with van der Waals surface area (Å²) < 4.78 is 0. The molecule has 0 saturated heterocycles. The fourth-order valence-electron chi connectivity index (χ4n) is 5.87. The number of hydrogen-bond donors (Lipinski definition) is 3. The van der Waals surface area contributed by atoms with Crippen molar-refractivity contribution in [1.29, 1.82) is 0 Å². The standard InChI is InChI=1S/C33H18N8O2.Mn/c42-33(43)23-15-7-14-22-24(23)32-40-30-21-13-6-5-12-20(21)28(38-30)36-26-17-9-2-1-8-16(17)25(34-26)35-27-18-10-3-4-11-19(18)29(37-27)39-31(22)41-32;/h1-15H,(H,42,43)(H2,34,35,36,37,38,39,40,41);. The maximum atomic E-state index is 12.3. The van der Waals surface area contributed by atoms with E-state index in [1.807, 2.05) is 78.9 Å². The molecule has 0 saturated carbocycles. The zero-order valence-electron chi connectivity index (χ0n) is 22.6. The van der Waals surface area contributed by atoms with Gasteiger partial charge in [-0.3, -0.25) is 0 Å². The third-order valence-corrected chi connectivity index (χ3v) is 7.81.